The van der Waals surface area contributed by atoms with Crippen molar-refractivity contribution >= 4 is 40.8 Å². The van der Waals surface area contributed by atoms with Gasteiger partial charge in [-0.15, -0.1) is 24.0 Å². The maximum atomic E-state index is 4.40. The van der Waals surface area contributed by atoms with Crippen molar-refractivity contribution in [1.82, 2.24) is 15.6 Å². The molecule has 4 nitrogen and oxygen atoms in total. The Hall–Kier alpha value is -2.15. The molecule has 130 valence electrons. The molecule has 3 rings (SSSR count). The maximum Gasteiger partial charge on any atom is 0.191 e. The molecule has 0 aliphatic heterocycles. The van der Waals surface area contributed by atoms with E-state index in [2.05, 4.69) is 57.9 Å². The first-order valence-electron chi connectivity index (χ1n) is 8.09. The van der Waals surface area contributed by atoms with Crippen molar-refractivity contribution in [2.45, 2.75) is 20.0 Å². The number of hydrogen-bond donors (Lipinski definition) is 2. The van der Waals surface area contributed by atoms with Crippen LogP contribution in [0.2, 0.25) is 0 Å². The van der Waals surface area contributed by atoms with Crippen LogP contribution in [0, 0.1) is 6.92 Å². The molecule has 1 heterocycles. The van der Waals surface area contributed by atoms with Crippen LogP contribution in [-0.4, -0.2) is 18.0 Å². The van der Waals surface area contributed by atoms with Gasteiger partial charge in [0, 0.05) is 31.7 Å². The quantitative estimate of drug-likeness (QED) is 0.362. The molecule has 0 aliphatic carbocycles. The molecule has 2 aromatic carbocycles. The normalized spacial score (nSPS) is 11.0. The molecule has 0 bridgehead atoms. The molecule has 0 amide bonds. The van der Waals surface area contributed by atoms with Crippen molar-refractivity contribution < 1.29 is 0 Å². The number of aromatic nitrogens is 1. The monoisotopic (exact) mass is 446 g/mol. The molecule has 0 saturated carbocycles. The predicted octanol–water partition coefficient (Wildman–Crippen LogP) is 4.03. The molecule has 0 radical (unpaired) electrons. The minimum absolute atomic E-state index is 0. The largest absolute Gasteiger partial charge is 0.352 e. The van der Waals surface area contributed by atoms with Gasteiger partial charge < -0.3 is 10.6 Å². The second-order valence-electron chi connectivity index (χ2n) is 5.75. The van der Waals surface area contributed by atoms with Crippen LogP contribution in [0.4, 0.5) is 0 Å². The first kappa shape index (κ1) is 19.2. The Balaban J connectivity index is 0.00000225. The molecule has 0 aliphatic rings. The highest BCUT2D eigenvalue weighted by Crippen LogP contribution is 2.15. The smallest absolute Gasteiger partial charge is 0.191 e. The summed E-state index contributed by atoms with van der Waals surface area (Å²) >= 11 is 0. The number of pyridine rings is 1. The van der Waals surface area contributed by atoms with Crippen LogP contribution in [0.1, 0.15) is 16.7 Å². The SMILES string of the molecule is CN=C(NCc1ccc(C)cc1)NCc1ccnc2ccccc12.I. The summed E-state index contributed by atoms with van der Waals surface area (Å²) in [5, 5.41) is 7.89. The van der Waals surface area contributed by atoms with Crippen LogP contribution >= 0.6 is 24.0 Å². The van der Waals surface area contributed by atoms with Crippen LogP contribution in [0.15, 0.2) is 65.8 Å². The van der Waals surface area contributed by atoms with E-state index in [1.807, 2.05) is 30.5 Å². The van der Waals surface area contributed by atoms with Crippen molar-refractivity contribution in [1.29, 1.82) is 0 Å². The molecule has 0 saturated heterocycles. The van der Waals surface area contributed by atoms with Crippen molar-refractivity contribution in [2.75, 3.05) is 7.05 Å². The second-order valence-corrected chi connectivity index (χ2v) is 5.75. The van der Waals surface area contributed by atoms with Gasteiger partial charge in [0.15, 0.2) is 5.96 Å². The van der Waals surface area contributed by atoms with Gasteiger partial charge in [-0.05, 0) is 30.2 Å². The fourth-order valence-electron chi connectivity index (χ4n) is 2.60. The van der Waals surface area contributed by atoms with Gasteiger partial charge in [0.25, 0.3) is 0 Å². The zero-order chi connectivity index (χ0) is 16.8. The van der Waals surface area contributed by atoms with Gasteiger partial charge in [0.05, 0.1) is 5.52 Å². The highest BCUT2D eigenvalue weighted by molar-refractivity contribution is 14.0. The number of guanidine groups is 1. The number of hydrogen-bond acceptors (Lipinski definition) is 2. The molecule has 0 fully saturated rings. The molecule has 25 heavy (non-hydrogen) atoms. The number of aliphatic imine (C=N–C) groups is 1. The lowest BCUT2D eigenvalue weighted by Gasteiger charge is -2.13. The maximum absolute atomic E-state index is 4.40. The van der Waals surface area contributed by atoms with E-state index in [4.69, 9.17) is 0 Å². The lowest BCUT2D eigenvalue weighted by molar-refractivity contribution is 0.811. The lowest BCUT2D eigenvalue weighted by atomic mass is 10.1. The molecule has 5 heteroatoms. The predicted molar refractivity (Wildman–Crippen MR) is 115 cm³/mol. The number of rotatable bonds is 4. The highest BCUT2D eigenvalue weighted by atomic mass is 127. The number of benzene rings is 2. The van der Waals surface area contributed by atoms with E-state index in [1.165, 1.54) is 22.1 Å². The standard InChI is InChI=1S/C20H22N4.HI/c1-15-7-9-16(10-8-15)13-23-20(21-2)24-14-17-11-12-22-19-6-4-3-5-18(17)19;/h3-12H,13-14H2,1-2H3,(H2,21,23,24);1H. The van der Waals surface area contributed by atoms with Crippen molar-refractivity contribution in [3.63, 3.8) is 0 Å². The summed E-state index contributed by atoms with van der Waals surface area (Å²) in [5.74, 6) is 0.788. The number of nitrogens with one attached hydrogen (secondary N) is 2. The Kier molecular flexibility index (Phi) is 7.18. The van der Waals surface area contributed by atoms with Gasteiger partial charge in [-0.1, -0.05) is 48.0 Å². The second kappa shape index (κ2) is 9.36. The van der Waals surface area contributed by atoms with E-state index in [9.17, 15) is 0 Å². The van der Waals surface area contributed by atoms with Gasteiger partial charge >= 0.3 is 0 Å². The third-order valence-electron chi connectivity index (χ3n) is 3.99. The molecule has 0 spiro atoms. The van der Waals surface area contributed by atoms with Crippen molar-refractivity contribution in [2.24, 2.45) is 4.99 Å². The summed E-state index contributed by atoms with van der Waals surface area (Å²) in [4.78, 5) is 8.69. The van der Waals surface area contributed by atoms with Gasteiger partial charge in [-0.3, -0.25) is 9.98 Å². The first-order chi connectivity index (χ1) is 11.8. The average molecular weight is 446 g/mol. The van der Waals surface area contributed by atoms with E-state index in [-0.39, 0.29) is 24.0 Å². The molecule has 0 atom stereocenters. The number of para-hydroxylation sites is 1. The Morgan fingerprint density at radius 1 is 0.960 bits per heavy atom. The number of halogens is 1. The van der Waals surface area contributed by atoms with Crippen molar-refractivity contribution in [3.05, 3.63) is 77.5 Å². The Labute approximate surface area is 165 Å². The van der Waals surface area contributed by atoms with Gasteiger partial charge in [0.2, 0.25) is 0 Å². The molecular formula is C20H23IN4. The summed E-state index contributed by atoms with van der Waals surface area (Å²) in [6, 6.07) is 18.7. The summed E-state index contributed by atoms with van der Waals surface area (Å²) in [5.41, 5.74) is 4.72. The average Bonchev–Trinajstić information content (AvgIpc) is 2.63. The van der Waals surface area contributed by atoms with Gasteiger partial charge in [-0.25, -0.2) is 0 Å². The number of aryl methyl sites for hydroxylation is 1. The molecule has 2 N–H and O–H groups in total. The van der Waals surface area contributed by atoms with E-state index in [1.54, 1.807) is 7.05 Å². The summed E-state index contributed by atoms with van der Waals surface area (Å²) in [7, 11) is 1.79. The third kappa shape index (κ3) is 5.16. The van der Waals surface area contributed by atoms with E-state index < -0.39 is 0 Å². The minimum atomic E-state index is 0. The Morgan fingerprint density at radius 3 is 2.44 bits per heavy atom. The van der Waals surface area contributed by atoms with E-state index >= 15 is 0 Å². The number of nitrogens with zero attached hydrogens (tertiary/aromatic N) is 2. The van der Waals surface area contributed by atoms with Gasteiger partial charge in [0.1, 0.15) is 0 Å². The minimum Gasteiger partial charge on any atom is -0.352 e. The van der Waals surface area contributed by atoms with Crippen LogP contribution in [0.5, 0.6) is 0 Å². The van der Waals surface area contributed by atoms with Gasteiger partial charge in [-0.2, -0.15) is 0 Å². The summed E-state index contributed by atoms with van der Waals surface area (Å²) in [6.45, 7) is 3.55. The molecule has 3 aromatic rings. The van der Waals surface area contributed by atoms with E-state index in [0.29, 0.717) is 6.54 Å². The lowest BCUT2D eigenvalue weighted by Crippen LogP contribution is -2.36. The van der Waals surface area contributed by atoms with Crippen molar-refractivity contribution in [3.8, 4) is 0 Å². The zero-order valence-electron chi connectivity index (χ0n) is 14.5. The van der Waals surface area contributed by atoms with Crippen LogP contribution in [-0.2, 0) is 13.1 Å². The number of fused-ring (bicyclic) bond motifs is 1. The Bertz CT molecular complexity index is 838. The topological polar surface area (TPSA) is 49.3 Å². The zero-order valence-corrected chi connectivity index (χ0v) is 16.8. The van der Waals surface area contributed by atoms with Crippen LogP contribution < -0.4 is 10.6 Å². The fourth-order valence-corrected chi connectivity index (χ4v) is 2.60. The fraction of sp³-hybridized carbons (Fsp3) is 0.200. The molecule has 1 aromatic heterocycles. The molecule has 0 unspecified atom stereocenters. The third-order valence-corrected chi connectivity index (χ3v) is 3.99. The Morgan fingerprint density at radius 2 is 1.68 bits per heavy atom. The highest BCUT2D eigenvalue weighted by Gasteiger charge is 2.03. The summed E-state index contributed by atoms with van der Waals surface area (Å²) < 4.78 is 0. The van der Waals surface area contributed by atoms with E-state index in [0.717, 1.165) is 18.0 Å². The molecular weight excluding hydrogens is 423 g/mol. The first-order valence-corrected chi connectivity index (χ1v) is 8.09. The van der Waals surface area contributed by atoms with Crippen LogP contribution in [0.3, 0.4) is 0 Å². The summed E-state index contributed by atoms with van der Waals surface area (Å²) in [6.07, 6.45) is 1.85. The van der Waals surface area contributed by atoms with Crippen LogP contribution in [0.25, 0.3) is 10.9 Å².